The predicted octanol–water partition coefficient (Wildman–Crippen LogP) is 5.33. The molecule has 1 amide bonds. The number of hydrogen-bond acceptors (Lipinski definition) is 3. The molecule has 3 aromatic carbocycles. The fourth-order valence-electron chi connectivity index (χ4n) is 5.94. The van der Waals surface area contributed by atoms with Gasteiger partial charge in [0.1, 0.15) is 5.75 Å². The Morgan fingerprint density at radius 3 is 2.50 bits per heavy atom. The van der Waals surface area contributed by atoms with Gasteiger partial charge in [-0.3, -0.25) is 4.79 Å². The summed E-state index contributed by atoms with van der Waals surface area (Å²) in [5.74, 6) is -3.59. The van der Waals surface area contributed by atoms with Crippen LogP contribution < -0.4 is 10.1 Å². The molecule has 5 rings (SSSR count). The average molecular weight is 465 g/mol. The molecule has 3 aromatic rings. The second-order valence-corrected chi connectivity index (χ2v) is 9.50. The largest absolute Gasteiger partial charge is 0.496 e. The van der Waals surface area contributed by atoms with Crippen molar-refractivity contribution in [3.8, 4) is 5.75 Å². The Labute approximate surface area is 198 Å². The highest BCUT2D eigenvalue weighted by Crippen LogP contribution is 2.50. The molecule has 2 heterocycles. The van der Waals surface area contributed by atoms with Crippen molar-refractivity contribution in [1.82, 2.24) is 10.2 Å². The lowest BCUT2D eigenvalue weighted by Crippen LogP contribution is -2.53. The van der Waals surface area contributed by atoms with E-state index in [1.807, 2.05) is 24.3 Å². The molecular weight excluding hydrogens is 434 g/mol. The fraction of sp³-hybridized carbons (Fsp3) is 0.393. The number of rotatable bonds is 4. The van der Waals surface area contributed by atoms with E-state index in [1.54, 1.807) is 37.4 Å². The first kappa shape index (κ1) is 22.8. The molecule has 1 N–H and O–H groups in total. The summed E-state index contributed by atoms with van der Waals surface area (Å²) in [7, 11) is 1.68. The number of alkyl halides is 2. The molecule has 0 radical (unpaired) electrons. The third kappa shape index (κ3) is 3.84. The van der Waals surface area contributed by atoms with Crippen LogP contribution >= 0.6 is 0 Å². The van der Waals surface area contributed by atoms with Gasteiger partial charge < -0.3 is 15.0 Å². The zero-order valence-corrected chi connectivity index (χ0v) is 19.4. The maximum Gasteiger partial charge on any atom is 0.350 e. The van der Waals surface area contributed by atoms with Crippen LogP contribution in [0.2, 0.25) is 0 Å². The van der Waals surface area contributed by atoms with Crippen molar-refractivity contribution in [1.29, 1.82) is 0 Å². The lowest BCUT2D eigenvalue weighted by Gasteiger charge is -2.50. The van der Waals surface area contributed by atoms with E-state index in [1.165, 1.54) is 11.0 Å². The Morgan fingerprint density at radius 1 is 1.00 bits per heavy atom. The van der Waals surface area contributed by atoms with Crippen molar-refractivity contribution in [2.75, 3.05) is 33.3 Å². The van der Waals surface area contributed by atoms with Crippen LogP contribution in [0.5, 0.6) is 5.75 Å². The smallest absolute Gasteiger partial charge is 0.350 e. The summed E-state index contributed by atoms with van der Waals surface area (Å²) in [4.78, 5) is 14.5. The summed E-state index contributed by atoms with van der Waals surface area (Å²) in [5, 5.41) is 4.63. The molecule has 1 atom stereocenters. The molecule has 178 valence electrons. The molecular formula is C28H30F2N2O2. The molecule has 2 saturated heterocycles. The summed E-state index contributed by atoms with van der Waals surface area (Å²) < 4.78 is 36.7. The zero-order chi connectivity index (χ0) is 23.8. The number of carbonyl (C=O) groups excluding carboxylic acids is 1. The number of carbonyl (C=O) groups is 1. The highest BCUT2D eigenvalue weighted by atomic mass is 19.3. The van der Waals surface area contributed by atoms with Gasteiger partial charge in [-0.05, 0) is 53.6 Å². The average Bonchev–Trinajstić information content (AvgIpc) is 2.88. The molecule has 2 fully saturated rings. The second-order valence-electron chi connectivity index (χ2n) is 9.50. The number of benzene rings is 3. The number of likely N-dealkylation sites (tertiary alicyclic amines) is 1. The van der Waals surface area contributed by atoms with E-state index in [2.05, 4.69) is 11.4 Å². The minimum atomic E-state index is -3.57. The number of ether oxygens (including phenoxy) is 1. The number of nitrogens with zero attached hydrogens (tertiary/aromatic N) is 1. The lowest BCUT2D eigenvalue weighted by atomic mass is 9.62. The minimum Gasteiger partial charge on any atom is -0.496 e. The molecule has 0 aliphatic carbocycles. The SMILES string of the molecule is COc1ccccc1[C@@H]1CNCCC12CCN(C(=O)C(F)(F)c1cccc3ccccc13)CC2. The van der Waals surface area contributed by atoms with E-state index in [0.29, 0.717) is 36.7 Å². The maximum absolute atomic E-state index is 15.5. The van der Waals surface area contributed by atoms with Gasteiger partial charge in [-0.2, -0.15) is 8.78 Å². The Morgan fingerprint density at radius 2 is 1.71 bits per heavy atom. The standard InChI is InChI=1S/C28H30F2N2O2/c1-34-25-12-5-4-10-22(25)24-19-31-16-13-27(24)14-17-32(18-15-27)26(33)28(29,30)23-11-6-8-20-7-2-3-9-21(20)23/h2-12,24,31H,13-19H2,1H3/t24-/m0/s1. The van der Waals surface area contributed by atoms with Gasteiger partial charge >= 0.3 is 5.92 Å². The van der Waals surface area contributed by atoms with Gasteiger partial charge in [0.2, 0.25) is 0 Å². The minimum absolute atomic E-state index is 0.0363. The van der Waals surface area contributed by atoms with Crippen LogP contribution in [0.15, 0.2) is 66.7 Å². The number of para-hydroxylation sites is 1. The first-order chi connectivity index (χ1) is 16.5. The quantitative estimate of drug-likeness (QED) is 0.568. The van der Waals surface area contributed by atoms with Gasteiger partial charge in [-0.15, -0.1) is 0 Å². The fourth-order valence-corrected chi connectivity index (χ4v) is 5.94. The van der Waals surface area contributed by atoms with E-state index in [4.69, 9.17) is 4.74 Å². The summed E-state index contributed by atoms with van der Waals surface area (Å²) in [6.45, 7) is 2.39. The van der Waals surface area contributed by atoms with Crippen molar-refractivity contribution >= 4 is 16.7 Å². The van der Waals surface area contributed by atoms with Crippen LogP contribution in [-0.4, -0.2) is 44.1 Å². The van der Waals surface area contributed by atoms with Crippen molar-refractivity contribution in [3.63, 3.8) is 0 Å². The van der Waals surface area contributed by atoms with Crippen LogP contribution in [0, 0.1) is 5.41 Å². The summed E-state index contributed by atoms with van der Waals surface area (Å²) in [6, 6.07) is 19.8. The summed E-state index contributed by atoms with van der Waals surface area (Å²) in [6.07, 6.45) is 2.36. The third-order valence-corrected chi connectivity index (χ3v) is 7.84. The second kappa shape index (κ2) is 8.99. The molecule has 34 heavy (non-hydrogen) atoms. The van der Waals surface area contributed by atoms with Crippen LogP contribution in [0.4, 0.5) is 8.78 Å². The van der Waals surface area contributed by atoms with E-state index < -0.39 is 11.8 Å². The van der Waals surface area contributed by atoms with E-state index in [0.717, 1.165) is 30.8 Å². The molecule has 2 aliphatic rings. The van der Waals surface area contributed by atoms with Crippen LogP contribution in [-0.2, 0) is 10.7 Å². The number of halogens is 2. The molecule has 4 nitrogen and oxygen atoms in total. The lowest BCUT2D eigenvalue weighted by molar-refractivity contribution is -0.161. The van der Waals surface area contributed by atoms with E-state index in [-0.39, 0.29) is 16.9 Å². The first-order valence-electron chi connectivity index (χ1n) is 12.0. The molecule has 0 saturated carbocycles. The number of nitrogens with one attached hydrogen (secondary N) is 1. The Kier molecular flexibility index (Phi) is 6.02. The summed E-state index contributed by atoms with van der Waals surface area (Å²) in [5.41, 5.74) is 0.897. The van der Waals surface area contributed by atoms with Gasteiger partial charge in [-0.1, -0.05) is 60.7 Å². The molecule has 0 unspecified atom stereocenters. The van der Waals surface area contributed by atoms with Crippen LogP contribution in [0.1, 0.15) is 36.3 Å². The first-order valence-corrected chi connectivity index (χ1v) is 12.0. The number of piperidine rings is 2. The third-order valence-electron chi connectivity index (χ3n) is 7.84. The Hall–Kier alpha value is -2.99. The van der Waals surface area contributed by atoms with Gasteiger partial charge in [0, 0.05) is 31.1 Å². The number of fused-ring (bicyclic) bond motifs is 1. The Bertz CT molecular complexity index is 1180. The van der Waals surface area contributed by atoms with E-state index >= 15 is 8.78 Å². The molecule has 0 bridgehead atoms. The normalized spacial score (nSPS) is 20.4. The number of methoxy groups -OCH3 is 1. The van der Waals surface area contributed by atoms with Gasteiger partial charge in [0.15, 0.2) is 0 Å². The topological polar surface area (TPSA) is 41.6 Å². The number of hydrogen-bond donors (Lipinski definition) is 1. The maximum atomic E-state index is 15.5. The molecule has 6 heteroatoms. The molecule has 0 aromatic heterocycles. The van der Waals surface area contributed by atoms with Crippen LogP contribution in [0.3, 0.4) is 0 Å². The van der Waals surface area contributed by atoms with Crippen molar-refractivity contribution in [3.05, 3.63) is 77.9 Å². The predicted molar refractivity (Wildman–Crippen MR) is 129 cm³/mol. The highest BCUT2D eigenvalue weighted by Gasteiger charge is 2.49. The van der Waals surface area contributed by atoms with Gasteiger partial charge in [0.05, 0.1) is 7.11 Å². The molecule has 1 spiro atoms. The number of amides is 1. The monoisotopic (exact) mass is 464 g/mol. The van der Waals surface area contributed by atoms with E-state index in [9.17, 15) is 4.79 Å². The zero-order valence-electron chi connectivity index (χ0n) is 19.4. The summed E-state index contributed by atoms with van der Waals surface area (Å²) >= 11 is 0. The molecule has 2 aliphatic heterocycles. The van der Waals surface area contributed by atoms with Gasteiger partial charge in [-0.25, -0.2) is 0 Å². The van der Waals surface area contributed by atoms with Crippen LogP contribution in [0.25, 0.3) is 10.8 Å². The van der Waals surface area contributed by atoms with Crippen molar-refractivity contribution in [2.45, 2.75) is 31.1 Å². The van der Waals surface area contributed by atoms with Crippen molar-refractivity contribution < 1.29 is 18.3 Å². The Balaban J connectivity index is 1.38. The highest BCUT2D eigenvalue weighted by molar-refractivity contribution is 5.93. The van der Waals surface area contributed by atoms with Gasteiger partial charge in [0.25, 0.3) is 5.91 Å². The van der Waals surface area contributed by atoms with Crippen molar-refractivity contribution in [2.24, 2.45) is 5.41 Å².